The zero-order valence-electron chi connectivity index (χ0n) is 10.6. The fraction of sp³-hybridized carbons (Fsp3) is 0. The largest absolute Gasteiger partial charge is 0.284 e. The van der Waals surface area contributed by atoms with E-state index in [0.29, 0.717) is 11.0 Å². The highest BCUT2D eigenvalue weighted by molar-refractivity contribution is 5.78. The van der Waals surface area contributed by atoms with Crippen LogP contribution >= 0.6 is 0 Å². The number of rotatable bonds is 1. The van der Waals surface area contributed by atoms with Gasteiger partial charge in [-0.05, 0) is 12.1 Å². The van der Waals surface area contributed by atoms with Gasteiger partial charge < -0.3 is 0 Å². The average Bonchev–Trinajstić information content (AvgIpc) is 3.11. The highest BCUT2D eigenvalue weighted by Crippen LogP contribution is 2.16. The number of nitrogens with one attached hydrogen (secondary N) is 1. The first kappa shape index (κ1) is 11.4. The molecule has 0 fully saturated rings. The van der Waals surface area contributed by atoms with Gasteiger partial charge in [0.05, 0.1) is 11.9 Å². The number of aromatic nitrogens is 6. The van der Waals surface area contributed by atoms with Gasteiger partial charge in [0, 0.05) is 0 Å². The van der Waals surface area contributed by atoms with Crippen LogP contribution in [0.1, 0.15) is 5.69 Å². The van der Waals surface area contributed by atoms with Crippen LogP contribution in [0.3, 0.4) is 0 Å². The number of benzene rings is 1. The van der Waals surface area contributed by atoms with Crippen molar-refractivity contribution >= 4 is 16.7 Å². The van der Waals surface area contributed by atoms with Gasteiger partial charge in [-0.3, -0.25) is 4.79 Å². The molecule has 1 aromatic carbocycles. The van der Waals surface area contributed by atoms with Crippen molar-refractivity contribution in [3.8, 4) is 11.8 Å². The Hall–Kier alpha value is -3.47. The topological polar surface area (TPSA) is 105 Å². The van der Waals surface area contributed by atoms with Crippen molar-refractivity contribution in [1.82, 2.24) is 29.6 Å². The Kier molecular flexibility index (Phi) is 2.17. The number of nitrogens with zero attached hydrogens (tertiary/aromatic N) is 6. The van der Waals surface area contributed by atoms with Crippen LogP contribution in [0.2, 0.25) is 0 Å². The molecule has 0 bridgehead atoms. The number of aromatic amines is 1. The van der Waals surface area contributed by atoms with Gasteiger partial charge in [-0.2, -0.15) is 19.9 Å². The second-order valence-corrected chi connectivity index (χ2v) is 4.38. The highest BCUT2D eigenvalue weighted by atomic mass is 16.1. The Labute approximate surface area is 116 Å². The Morgan fingerprint density at radius 1 is 1.24 bits per heavy atom. The molecule has 0 spiro atoms. The van der Waals surface area contributed by atoms with Crippen molar-refractivity contribution in [2.75, 3.05) is 0 Å². The van der Waals surface area contributed by atoms with Crippen LogP contribution in [0.5, 0.6) is 0 Å². The van der Waals surface area contributed by atoms with E-state index < -0.39 is 5.56 Å². The standard InChI is InChI=1S/C13H7N7O/c14-6-10-11-16-12(21)9-7-15-19(8-4-2-1-3-5-8)13(9)20(11)18-17-10/h1-5,7,18H. The van der Waals surface area contributed by atoms with Crippen molar-refractivity contribution in [3.63, 3.8) is 0 Å². The minimum Gasteiger partial charge on any atom is -0.266 e. The lowest BCUT2D eigenvalue weighted by molar-refractivity contribution is 0.817. The van der Waals surface area contributed by atoms with Gasteiger partial charge in [0.1, 0.15) is 11.5 Å². The molecule has 100 valence electrons. The van der Waals surface area contributed by atoms with Crippen molar-refractivity contribution in [2.24, 2.45) is 0 Å². The average molecular weight is 277 g/mol. The van der Waals surface area contributed by atoms with E-state index in [-0.39, 0.29) is 11.3 Å². The minimum absolute atomic E-state index is 0.0646. The molecule has 0 amide bonds. The van der Waals surface area contributed by atoms with E-state index in [4.69, 9.17) is 5.26 Å². The van der Waals surface area contributed by atoms with E-state index in [1.807, 2.05) is 36.4 Å². The van der Waals surface area contributed by atoms with Gasteiger partial charge in [0.2, 0.25) is 5.69 Å². The summed E-state index contributed by atoms with van der Waals surface area (Å²) in [6, 6.07) is 11.3. The lowest BCUT2D eigenvalue weighted by Gasteiger charge is -2.03. The summed E-state index contributed by atoms with van der Waals surface area (Å²) in [5, 5.41) is 20.1. The van der Waals surface area contributed by atoms with Crippen LogP contribution in [0, 0.1) is 11.3 Å². The molecule has 0 aliphatic carbocycles. The molecule has 0 aliphatic rings. The molecule has 3 heterocycles. The molecule has 8 heteroatoms. The Balaban J connectivity index is 2.21. The van der Waals surface area contributed by atoms with Gasteiger partial charge >= 0.3 is 0 Å². The fourth-order valence-electron chi connectivity index (χ4n) is 2.25. The van der Waals surface area contributed by atoms with Crippen molar-refractivity contribution in [3.05, 3.63) is 52.6 Å². The van der Waals surface area contributed by atoms with Gasteiger partial charge in [-0.15, -0.1) is 5.10 Å². The Morgan fingerprint density at radius 3 is 2.81 bits per heavy atom. The van der Waals surface area contributed by atoms with Gasteiger partial charge in [-0.25, -0.2) is 9.90 Å². The quantitative estimate of drug-likeness (QED) is 0.549. The van der Waals surface area contributed by atoms with Crippen LogP contribution in [0.25, 0.3) is 22.4 Å². The molecule has 0 unspecified atom stereocenters. The van der Waals surface area contributed by atoms with Crippen LogP contribution in [0.15, 0.2) is 41.3 Å². The normalized spacial score (nSPS) is 11.0. The lowest BCUT2D eigenvalue weighted by atomic mass is 10.3. The molecule has 0 aliphatic heterocycles. The highest BCUT2D eigenvalue weighted by Gasteiger charge is 2.16. The molecule has 4 aromatic rings. The third-order valence-corrected chi connectivity index (χ3v) is 3.19. The lowest BCUT2D eigenvalue weighted by Crippen LogP contribution is -2.11. The molecule has 4 rings (SSSR count). The van der Waals surface area contributed by atoms with E-state index >= 15 is 0 Å². The van der Waals surface area contributed by atoms with E-state index in [1.165, 1.54) is 10.7 Å². The van der Waals surface area contributed by atoms with Gasteiger partial charge in [-0.1, -0.05) is 18.2 Å². The Bertz CT molecular complexity index is 1060. The monoisotopic (exact) mass is 277 g/mol. The number of para-hydroxylation sites is 1. The predicted octanol–water partition coefficient (Wildman–Crippen LogP) is 0.628. The molecule has 8 nitrogen and oxygen atoms in total. The molecule has 0 atom stereocenters. The summed E-state index contributed by atoms with van der Waals surface area (Å²) < 4.78 is 3.08. The van der Waals surface area contributed by atoms with Crippen LogP contribution < -0.4 is 5.56 Å². The summed E-state index contributed by atoms with van der Waals surface area (Å²) in [5.74, 6) is 0. The van der Waals surface area contributed by atoms with Gasteiger partial charge in [0.25, 0.3) is 5.56 Å². The van der Waals surface area contributed by atoms with Crippen molar-refractivity contribution in [1.29, 1.82) is 5.26 Å². The molecule has 0 radical (unpaired) electrons. The van der Waals surface area contributed by atoms with E-state index in [1.54, 1.807) is 4.68 Å². The molecular weight excluding hydrogens is 270 g/mol. The second kappa shape index (κ2) is 4.01. The summed E-state index contributed by atoms with van der Waals surface area (Å²) >= 11 is 0. The predicted molar refractivity (Wildman–Crippen MR) is 73.0 cm³/mol. The summed E-state index contributed by atoms with van der Waals surface area (Å²) in [6.07, 6.45) is 1.46. The van der Waals surface area contributed by atoms with E-state index in [9.17, 15) is 4.79 Å². The number of hydrogen-bond donors (Lipinski definition) is 1. The number of hydrogen-bond acceptors (Lipinski definition) is 5. The zero-order chi connectivity index (χ0) is 14.4. The summed E-state index contributed by atoms with van der Waals surface area (Å²) in [5.41, 5.74) is 1.10. The summed E-state index contributed by atoms with van der Waals surface area (Å²) in [7, 11) is 0. The first-order chi connectivity index (χ1) is 10.3. The van der Waals surface area contributed by atoms with Crippen LogP contribution in [-0.2, 0) is 0 Å². The number of H-pyrrole nitrogens is 1. The van der Waals surface area contributed by atoms with E-state index in [0.717, 1.165) is 5.69 Å². The maximum atomic E-state index is 12.1. The molecule has 3 aromatic heterocycles. The van der Waals surface area contributed by atoms with Crippen molar-refractivity contribution < 1.29 is 0 Å². The van der Waals surface area contributed by atoms with Crippen LogP contribution in [0.4, 0.5) is 0 Å². The fourth-order valence-corrected chi connectivity index (χ4v) is 2.25. The second-order valence-electron chi connectivity index (χ2n) is 4.38. The maximum Gasteiger partial charge on any atom is 0.284 e. The smallest absolute Gasteiger partial charge is 0.266 e. The molecule has 1 N–H and O–H groups in total. The minimum atomic E-state index is -0.440. The Morgan fingerprint density at radius 2 is 2.05 bits per heavy atom. The first-order valence-corrected chi connectivity index (χ1v) is 6.10. The molecule has 21 heavy (non-hydrogen) atoms. The third kappa shape index (κ3) is 1.48. The third-order valence-electron chi connectivity index (χ3n) is 3.19. The first-order valence-electron chi connectivity index (χ1n) is 6.10. The van der Waals surface area contributed by atoms with Crippen LogP contribution in [-0.4, -0.2) is 29.6 Å². The summed E-state index contributed by atoms with van der Waals surface area (Å²) in [6.45, 7) is 0. The maximum absolute atomic E-state index is 12.1. The van der Waals surface area contributed by atoms with E-state index in [2.05, 4.69) is 20.4 Å². The number of nitriles is 1. The molecule has 0 saturated heterocycles. The molecular formula is C13H7N7O. The molecule has 0 saturated carbocycles. The summed E-state index contributed by atoms with van der Waals surface area (Å²) in [4.78, 5) is 16.0. The van der Waals surface area contributed by atoms with Gasteiger partial charge in [0.15, 0.2) is 11.3 Å². The number of fused-ring (bicyclic) bond motifs is 3. The van der Waals surface area contributed by atoms with Crippen molar-refractivity contribution in [2.45, 2.75) is 0 Å². The SMILES string of the molecule is N#Cc1n[nH]n2c1nc(=O)c1cnn(-c3ccccc3)c12. The zero-order valence-corrected chi connectivity index (χ0v) is 10.6.